The minimum absolute atomic E-state index is 0.0947. The van der Waals surface area contributed by atoms with Gasteiger partial charge in [0.1, 0.15) is 0 Å². The van der Waals surface area contributed by atoms with E-state index in [2.05, 4.69) is 29.2 Å². The first-order valence-electron chi connectivity index (χ1n) is 8.35. The molecule has 0 aromatic carbocycles. The maximum atomic E-state index is 12.1. The minimum atomic E-state index is 0.0947. The van der Waals surface area contributed by atoms with E-state index in [9.17, 15) is 4.79 Å². The van der Waals surface area contributed by atoms with Gasteiger partial charge in [0.05, 0.1) is 12.1 Å². The molecule has 124 valence electrons. The molecule has 5 heteroatoms. The zero-order valence-electron chi connectivity index (χ0n) is 14.6. The van der Waals surface area contributed by atoms with Crippen LogP contribution in [0.1, 0.15) is 37.2 Å². The molecule has 1 aromatic heterocycles. The van der Waals surface area contributed by atoms with Gasteiger partial charge in [0.2, 0.25) is 5.91 Å². The van der Waals surface area contributed by atoms with Crippen molar-refractivity contribution in [2.24, 2.45) is 18.9 Å². The van der Waals surface area contributed by atoms with Gasteiger partial charge in [-0.2, -0.15) is 5.10 Å². The van der Waals surface area contributed by atoms with Crippen molar-refractivity contribution in [2.75, 3.05) is 26.2 Å². The van der Waals surface area contributed by atoms with E-state index < -0.39 is 0 Å². The average Bonchev–Trinajstić information content (AvgIpc) is 2.64. The number of nitrogens with zero attached hydrogens (tertiary/aromatic N) is 3. The van der Waals surface area contributed by atoms with Gasteiger partial charge in [0.25, 0.3) is 0 Å². The molecule has 2 unspecified atom stereocenters. The molecule has 0 radical (unpaired) electrons. The second-order valence-electron chi connectivity index (χ2n) is 7.01. The van der Waals surface area contributed by atoms with E-state index >= 15 is 0 Å². The van der Waals surface area contributed by atoms with E-state index in [4.69, 9.17) is 0 Å². The van der Waals surface area contributed by atoms with Crippen LogP contribution in [0.4, 0.5) is 0 Å². The van der Waals surface area contributed by atoms with Crippen LogP contribution in [0.5, 0.6) is 0 Å². The summed E-state index contributed by atoms with van der Waals surface area (Å²) in [6.07, 6.45) is 1.75. The summed E-state index contributed by atoms with van der Waals surface area (Å²) in [6, 6.07) is 0. The number of likely N-dealkylation sites (tertiary alicyclic amines) is 1. The second-order valence-corrected chi connectivity index (χ2v) is 7.01. The lowest BCUT2D eigenvalue weighted by atomic mass is 9.92. The molecule has 1 aliphatic heterocycles. The van der Waals surface area contributed by atoms with Crippen molar-refractivity contribution in [3.8, 4) is 0 Å². The van der Waals surface area contributed by atoms with E-state index in [1.807, 2.05) is 25.6 Å². The van der Waals surface area contributed by atoms with Gasteiger partial charge in [-0.15, -0.1) is 0 Å². The van der Waals surface area contributed by atoms with Gasteiger partial charge in [-0.05, 0) is 32.1 Å². The van der Waals surface area contributed by atoms with Crippen LogP contribution >= 0.6 is 0 Å². The van der Waals surface area contributed by atoms with Gasteiger partial charge >= 0.3 is 0 Å². The summed E-state index contributed by atoms with van der Waals surface area (Å²) in [7, 11) is 1.92. The van der Waals surface area contributed by atoms with Crippen LogP contribution in [-0.4, -0.2) is 46.8 Å². The SMILES string of the molecule is Cc1nn(C)c(C)c1CC(=O)NCCN1CC(C)CC(C)C1. The third kappa shape index (κ3) is 4.32. The molecule has 0 spiro atoms. The van der Waals surface area contributed by atoms with Crippen molar-refractivity contribution in [3.05, 3.63) is 17.0 Å². The van der Waals surface area contributed by atoms with Gasteiger partial charge in [0.15, 0.2) is 0 Å². The summed E-state index contributed by atoms with van der Waals surface area (Å²) in [6.45, 7) is 12.6. The van der Waals surface area contributed by atoms with Gasteiger partial charge in [0, 0.05) is 44.5 Å². The van der Waals surface area contributed by atoms with Gasteiger partial charge < -0.3 is 10.2 Å². The summed E-state index contributed by atoms with van der Waals surface area (Å²) < 4.78 is 1.84. The lowest BCUT2D eigenvalue weighted by Crippen LogP contribution is -2.43. The maximum absolute atomic E-state index is 12.1. The van der Waals surface area contributed by atoms with Crippen LogP contribution in [0, 0.1) is 25.7 Å². The van der Waals surface area contributed by atoms with Crippen LogP contribution in [0.25, 0.3) is 0 Å². The zero-order valence-corrected chi connectivity index (χ0v) is 14.6. The Labute approximate surface area is 134 Å². The maximum Gasteiger partial charge on any atom is 0.224 e. The molecular weight excluding hydrogens is 276 g/mol. The number of aryl methyl sites for hydroxylation is 2. The van der Waals surface area contributed by atoms with E-state index in [-0.39, 0.29) is 5.91 Å². The standard InChI is InChI=1S/C17H30N4O/c1-12-8-13(2)11-21(10-12)7-6-18-17(22)9-16-14(3)19-20(5)15(16)4/h12-13H,6-11H2,1-5H3,(H,18,22). The molecule has 1 aromatic rings. The highest BCUT2D eigenvalue weighted by Gasteiger charge is 2.21. The molecule has 1 saturated heterocycles. The summed E-state index contributed by atoms with van der Waals surface area (Å²) in [5.74, 6) is 1.62. The lowest BCUT2D eigenvalue weighted by Gasteiger charge is -2.34. The third-order valence-corrected chi connectivity index (χ3v) is 4.69. The minimum Gasteiger partial charge on any atom is -0.355 e. The molecule has 1 aliphatic rings. The molecule has 1 fully saturated rings. The second kappa shape index (κ2) is 7.27. The topological polar surface area (TPSA) is 50.2 Å². The number of hydrogen-bond donors (Lipinski definition) is 1. The van der Waals surface area contributed by atoms with Crippen LogP contribution in [0.2, 0.25) is 0 Å². The number of amides is 1. The molecule has 2 rings (SSSR count). The molecule has 2 atom stereocenters. The fourth-order valence-electron chi connectivity index (χ4n) is 3.62. The molecule has 2 heterocycles. The van der Waals surface area contributed by atoms with Crippen molar-refractivity contribution >= 4 is 5.91 Å². The average molecular weight is 306 g/mol. The van der Waals surface area contributed by atoms with E-state index in [1.54, 1.807) is 0 Å². The summed E-state index contributed by atoms with van der Waals surface area (Å²) in [5.41, 5.74) is 3.08. The largest absolute Gasteiger partial charge is 0.355 e. The van der Waals surface area contributed by atoms with Gasteiger partial charge in [-0.25, -0.2) is 0 Å². The zero-order chi connectivity index (χ0) is 16.3. The quantitative estimate of drug-likeness (QED) is 0.900. The number of hydrogen-bond acceptors (Lipinski definition) is 3. The molecule has 0 aliphatic carbocycles. The summed E-state index contributed by atoms with van der Waals surface area (Å²) in [5, 5.41) is 7.42. The molecule has 22 heavy (non-hydrogen) atoms. The summed E-state index contributed by atoms with van der Waals surface area (Å²) >= 11 is 0. The Hall–Kier alpha value is -1.36. The molecule has 0 bridgehead atoms. The highest BCUT2D eigenvalue weighted by atomic mass is 16.1. The Morgan fingerprint density at radius 2 is 1.91 bits per heavy atom. The van der Waals surface area contributed by atoms with Crippen molar-refractivity contribution in [1.29, 1.82) is 0 Å². The van der Waals surface area contributed by atoms with Gasteiger partial charge in [-0.3, -0.25) is 9.48 Å². The van der Waals surface area contributed by atoms with Crippen LogP contribution in [0.3, 0.4) is 0 Å². The summed E-state index contributed by atoms with van der Waals surface area (Å²) in [4.78, 5) is 14.6. The highest BCUT2D eigenvalue weighted by molar-refractivity contribution is 5.79. The lowest BCUT2D eigenvalue weighted by molar-refractivity contribution is -0.120. The first-order valence-corrected chi connectivity index (χ1v) is 8.35. The number of carbonyl (C=O) groups excluding carboxylic acids is 1. The number of piperidine rings is 1. The highest BCUT2D eigenvalue weighted by Crippen LogP contribution is 2.20. The number of nitrogens with one attached hydrogen (secondary N) is 1. The van der Waals surface area contributed by atoms with E-state index in [1.165, 1.54) is 6.42 Å². The third-order valence-electron chi connectivity index (χ3n) is 4.69. The van der Waals surface area contributed by atoms with Crippen LogP contribution < -0.4 is 5.32 Å². The Kier molecular flexibility index (Phi) is 5.62. The Bertz CT molecular complexity index is 513. The number of aromatic nitrogens is 2. The first-order chi connectivity index (χ1) is 10.4. The number of rotatable bonds is 5. The molecule has 1 amide bonds. The van der Waals surface area contributed by atoms with Crippen molar-refractivity contribution in [1.82, 2.24) is 20.0 Å². The Morgan fingerprint density at radius 1 is 1.27 bits per heavy atom. The van der Waals surface area contributed by atoms with Crippen molar-refractivity contribution in [3.63, 3.8) is 0 Å². The molecule has 1 N–H and O–H groups in total. The molecular formula is C17H30N4O. The van der Waals surface area contributed by atoms with Crippen molar-refractivity contribution < 1.29 is 4.79 Å². The fourth-order valence-corrected chi connectivity index (χ4v) is 3.62. The predicted octanol–water partition coefficient (Wildman–Crippen LogP) is 1.67. The Morgan fingerprint density at radius 3 is 2.45 bits per heavy atom. The smallest absolute Gasteiger partial charge is 0.224 e. The molecule has 0 saturated carbocycles. The first kappa shape index (κ1) is 17.0. The fraction of sp³-hybridized carbons (Fsp3) is 0.765. The van der Waals surface area contributed by atoms with Crippen LogP contribution in [-0.2, 0) is 18.3 Å². The number of carbonyl (C=O) groups is 1. The Balaban J connectivity index is 1.76. The van der Waals surface area contributed by atoms with E-state index in [0.29, 0.717) is 6.42 Å². The van der Waals surface area contributed by atoms with Crippen molar-refractivity contribution in [2.45, 2.75) is 40.5 Å². The van der Waals surface area contributed by atoms with Gasteiger partial charge in [-0.1, -0.05) is 13.8 Å². The van der Waals surface area contributed by atoms with Crippen LogP contribution in [0.15, 0.2) is 0 Å². The monoisotopic (exact) mass is 306 g/mol. The normalized spacial score (nSPS) is 22.8. The molecule has 5 nitrogen and oxygen atoms in total. The van der Waals surface area contributed by atoms with E-state index in [0.717, 1.165) is 55.0 Å². The predicted molar refractivity (Wildman–Crippen MR) is 88.8 cm³/mol.